The summed E-state index contributed by atoms with van der Waals surface area (Å²) in [7, 11) is 0. The van der Waals surface area contributed by atoms with E-state index in [0.717, 1.165) is 35.1 Å². The van der Waals surface area contributed by atoms with E-state index in [0.29, 0.717) is 19.1 Å². The lowest BCUT2D eigenvalue weighted by molar-refractivity contribution is -0.114. The Morgan fingerprint density at radius 1 is 1.10 bits per heavy atom. The van der Waals surface area contributed by atoms with Crippen molar-refractivity contribution in [1.82, 2.24) is 10.6 Å². The normalized spacial score (nSPS) is 12.4. The van der Waals surface area contributed by atoms with Crippen molar-refractivity contribution < 1.29 is 9.53 Å². The molecular weight excluding hydrogens is 376 g/mol. The van der Waals surface area contributed by atoms with Crippen LogP contribution in [0.25, 0.3) is 0 Å². The molecule has 0 aliphatic heterocycles. The fourth-order valence-electron chi connectivity index (χ4n) is 2.85. The minimum Gasteiger partial charge on any atom is -0.493 e. The molecule has 0 saturated carbocycles. The molecule has 3 N–H and O–H groups in total. The molecule has 1 unspecified atom stereocenters. The third-order valence-electron chi connectivity index (χ3n) is 4.33. The Bertz CT molecular complexity index is 831. The summed E-state index contributed by atoms with van der Waals surface area (Å²) in [5, 5.41) is 9.54. The predicted octanol–water partition coefficient (Wildman–Crippen LogP) is 4.50. The number of hydrogen-bond donors (Lipinski definition) is 3. The summed E-state index contributed by atoms with van der Waals surface area (Å²) in [4.78, 5) is 15.9. The monoisotopic (exact) mass is 410 g/mol. The molecule has 0 radical (unpaired) electrons. The first-order valence-corrected chi connectivity index (χ1v) is 10.5. The van der Waals surface area contributed by atoms with Gasteiger partial charge in [-0.05, 0) is 55.2 Å². The summed E-state index contributed by atoms with van der Waals surface area (Å²) in [5.41, 5.74) is 2.96. The highest BCUT2D eigenvalue weighted by atomic mass is 16.5. The van der Waals surface area contributed by atoms with Crippen molar-refractivity contribution in [3.63, 3.8) is 0 Å². The maximum Gasteiger partial charge on any atom is 0.221 e. The number of nitrogens with zero attached hydrogens (tertiary/aromatic N) is 1. The summed E-state index contributed by atoms with van der Waals surface area (Å²) in [6.07, 6.45) is 0. The molecule has 0 aliphatic carbocycles. The average Bonchev–Trinajstić information content (AvgIpc) is 2.71. The zero-order valence-electron chi connectivity index (χ0n) is 18.7. The van der Waals surface area contributed by atoms with Gasteiger partial charge in [-0.2, -0.15) is 0 Å². The molecule has 0 aromatic heterocycles. The molecule has 2 aromatic rings. The smallest absolute Gasteiger partial charge is 0.221 e. The van der Waals surface area contributed by atoms with Crippen molar-refractivity contribution >= 4 is 17.6 Å². The number of amides is 1. The van der Waals surface area contributed by atoms with E-state index in [1.807, 2.05) is 43.3 Å². The molecule has 0 aliphatic rings. The second kappa shape index (κ2) is 11.9. The Hall–Kier alpha value is -3.02. The lowest BCUT2D eigenvalue weighted by Gasteiger charge is -2.19. The van der Waals surface area contributed by atoms with Gasteiger partial charge in [0.05, 0.1) is 19.2 Å². The first kappa shape index (κ1) is 23.3. The molecule has 6 nitrogen and oxygen atoms in total. The van der Waals surface area contributed by atoms with Crippen LogP contribution in [-0.2, 0) is 11.3 Å². The quantitative estimate of drug-likeness (QED) is 0.420. The molecule has 30 heavy (non-hydrogen) atoms. The fraction of sp³-hybridized carbons (Fsp3) is 0.417. The van der Waals surface area contributed by atoms with Crippen molar-refractivity contribution in [3.8, 4) is 5.75 Å². The Morgan fingerprint density at radius 2 is 1.83 bits per heavy atom. The molecule has 0 saturated heterocycles. The van der Waals surface area contributed by atoms with Crippen LogP contribution in [0.1, 0.15) is 51.8 Å². The second-order valence-electron chi connectivity index (χ2n) is 7.72. The SMILES string of the molecule is CCNC(=NCc1cccc(NC(C)=O)c1)NC(C)c1ccc(OCC(C)C)cc1. The van der Waals surface area contributed by atoms with Crippen LogP contribution in [0, 0.1) is 5.92 Å². The highest BCUT2D eigenvalue weighted by molar-refractivity contribution is 5.88. The molecule has 2 aromatic carbocycles. The molecule has 1 amide bonds. The molecule has 1 atom stereocenters. The first-order valence-electron chi connectivity index (χ1n) is 10.5. The number of rotatable bonds is 9. The van der Waals surface area contributed by atoms with Gasteiger partial charge in [0.15, 0.2) is 5.96 Å². The molecule has 162 valence electrons. The second-order valence-corrected chi connectivity index (χ2v) is 7.72. The Labute approximate surface area is 180 Å². The van der Waals surface area contributed by atoms with Crippen LogP contribution in [0.3, 0.4) is 0 Å². The van der Waals surface area contributed by atoms with Crippen LogP contribution in [0.5, 0.6) is 5.75 Å². The van der Waals surface area contributed by atoms with Gasteiger partial charge in [0.1, 0.15) is 5.75 Å². The van der Waals surface area contributed by atoms with Crippen LogP contribution in [0.4, 0.5) is 5.69 Å². The van der Waals surface area contributed by atoms with Crippen LogP contribution in [0.2, 0.25) is 0 Å². The minimum absolute atomic E-state index is 0.0832. The van der Waals surface area contributed by atoms with E-state index in [1.54, 1.807) is 0 Å². The maximum atomic E-state index is 11.3. The van der Waals surface area contributed by atoms with E-state index in [1.165, 1.54) is 6.92 Å². The third-order valence-corrected chi connectivity index (χ3v) is 4.33. The summed E-state index contributed by atoms with van der Waals surface area (Å²) >= 11 is 0. The number of benzene rings is 2. The van der Waals surface area contributed by atoms with Crippen LogP contribution >= 0.6 is 0 Å². The molecular formula is C24H34N4O2. The standard InChI is InChI=1S/C24H34N4O2/c1-6-25-24(26-15-20-8-7-9-22(14-20)28-19(5)29)27-18(4)21-10-12-23(13-11-21)30-16-17(2)3/h7-14,17-18H,6,15-16H2,1-5H3,(H,28,29)(H2,25,26,27). The highest BCUT2D eigenvalue weighted by Gasteiger charge is 2.08. The predicted molar refractivity (Wildman–Crippen MR) is 124 cm³/mol. The van der Waals surface area contributed by atoms with Gasteiger partial charge in [0, 0.05) is 19.2 Å². The number of ether oxygens (including phenoxy) is 1. The maximum absolute atomic E-state index is 11.3. The van der Waals surface area contributed by atoms with Gasteiger partial charge in [-0.3, -0.25) is 4.79 Å². The van der Waals surface area contributed by atoms with Crippen molar-refractivity contribution in [3.05, 3.63) is 59.7 Å². The van der Waals surface area contributed by atoms with E-state index in [9.17, 15) is 4.79 Å². The summed E-state index contributed by atoms with van der Waals surface area (Å²) < 4.78 is 5.76. The number of carbonyl (C=O) groups is 1. The van der Waals surface area contributed by atoms with Crippen molar-refractivity contribution in [2.24, 2.45) is 10.9 Å². The average molecular weight is 411 g/mol. The lowest BCUT2D eigenvalue weighted by atomic mass is 10.1. The number of aliphatic imine (C=N–C) groups is 1. The van der Waals surface area contributed by atoms with Gasteiger partial charge in [0.2, 0.25) is 5.91 Å². The number of hydrogen-bond acceptors (Lipinski definition) is 3. The van der Waals surface area contributed by atoms with Crippen molar-refractivity contribution in [1.29, 1.82) is 0 Å². The van der Waals surface area contributed by atoms with E-state index < -0.39 is 0 Å². The zero-order chi connectivity index (χ0) is 21.9. The zero-order valence-corrected chi connectivity index (χ0v) is 18.7. The molecule has 0 spiro atoms. The van der Waals surface area contributed by atoms with E-state index >= 15 is 0 Å². The van der Waals surface area contributed by atoms with Crippen LogP contribution in [-0.4, -0.2) is 25.0 Å². The topological polar surface area (TPSA) is 74.8 Å². The summed E-state index contributed by atoms with van der Waals surface area (Å²) in [5.74, 6) is 2.05. The largest absolute Gasteiger partial charge is 0.493 e. The third kappa shape index (κ3) is 8.15. The van der Waals surface area contributed by atoms with Crippen LogP contribution in [0.15, 0.2) is 53.5 Å². The lowest BCUT2D eigenvalue weighted by Crippen LogP contribution is -2.38. The summed E-state index contributed by atoms with van der Waals surface area (Å²) in [6.45, 7) is 11.9. The van der Waals surface area contributed by atoms with Crippen molar-refractivity contribution in [2.45, 2.75) is 47.2 Å². The number of nitrogens with one attached hydrogen (secondary N) is 3. The number of guanidine groups is 1. The molecule has 0 bridgehead atoms. The van der Waals surface area contributed by atoms with Crippen molar-refractivity contribution in [2.75, 3.05) is 18.5 Å². The molecule has 2 rings (SSSR count). The Morgan fingerprint density at radius 3 is 2.47 bits per heavy atom. The van der Waals surface area contributed by atoms with E-state index in [-0.39, 0.29) is 11.9 Å². The first-order chi connectivity index (χ1) is 14.4. The Kier molecular flexibility index (Phi) is 9.19. The fourth-order valence-corrected chi connectivity index (χ4v) is 2.85. The summed E-state index contributed by atoms with van der Waals surface area (Å²) in [6, 6.07) is 16.0. The highest BCUT2D eigenvalue weighted by Crippen LogP contribution is 2.18. The van der Waals surface area contributed by atoms with Gasteiger partial charge >= 0.3 is 0 Å². The molecule has 6 heteroatoms. The molecule has 0 heterocycles. The number of carbonyl (C=O) groups excluding carboxylic acids is 1. The van der Waals surface area contributed by atoms with E-state index in [2.05, 4.69) is 48.9 Å². The van der Waals surface area contributed by atoms with Gasteiger partial charge in [-0.15, -0.1) is 0 Å². The van der Waals surface area contributed by atoms with Crippen LogP contribution < -0.4 is 20.7 Å². The molecule has 0 fully saturated rings. The van der Waals surface area contributed by atoms with E-state index in [4.69, 9.17) is 9.73 Å². The number of anilines is 1. The Balaban J connectivity index is 2.01. The minimum atomic E-state index is -0.0832. The van der Waals surface area contributed by atoms with Gasteiger partial charge in [-0.1, -0.05) is 38.1 Å². The van der Waals surface area contributed by atoms with Gasteiger partial charge < -0.3 is 20.7 Å². The van der Waals surface area contributed by atoms with Gasteiger partial charge in [-0.25, -0.2) is 4.99 Å². The van der Waals surface area contributed by atoms with Gasteiger partial charge in [0.25, 0.3) is 0 Å².